The van der Waals surface area contributed by atoms with Gasteiger partial charge >= 0.3 is 0 Å². The summed E-state index contributed by atoms with van der Waals surface area (Å²) in [5, 5.41) is 2.73. The summed E-state index contributed by atoms with van der Waals surface area (Å²) in [4.78, 5) is 11.5. The molecule has 0 atom stereocenters. The molecule has 0 unspecified atom stereocenters. The van der Waals surface area contributed by atoms with Gasteiger partial charge in [0.25, 0.3) is 5.91 Å². The standard InChI is InChI=1S/C15H21NO3/c1-18-9-8-16-15(17)11-19-14-7-6-12-4-2-3-5-13(12)10-14/h6-7,10H,2-5,8-9,11H2,1H3,(H,16,17). The van der Waals surface area contributed by atoms with Gasteiger partial charge in [-0.15, -0.1) is 0 Å². The number of carbonyl (C=O) groups excluding carboxylic acids is 1. The maximum absolute atomic E-state index is 11.5. The highest BCUT2D eigenvalue weighted by Gasteiger charge is 2.10. The first-order valence-electron chi connectivity index (χ1n) is 6.80. The number of fused-ring (bicyclic) bond motifs is 1. The molecule has 1 aliphatic carbocycles. The van der Waals surface area contributed by atoms with Gasteiger partial charge in [-0.05, 0) is 48.9 Å². The van der Waals surface area contributed by atoms with Crippen LogP contribution < -0.4 is 10.1 Å². The van der Waals surface area contributed by atoms with Crippen molar-refractivity contribution in [3.05, 3.63) is 29.3 Å². The van der Waals surface area contributed by atoms with E-state index in [0.717, 1.165) is 18.6 Å². The summed E-state index contributed by atoms with van der Waals surface area (Å²) in [7, 11) is 1.61. The molecule has 1 N–H and O–H groups in total. The van der Waals surface area contributed by atoms with E-state index in [-0.39, 0.29) is 12.5 Å². The predicted molar refractivity (Wildman–Crippen MR) is 73.5 cm³/mol. The third kappa shape index (κ3) is 4.24. The lowest BCUT2D eigenvalue weighted by atomic mass is 9.92. The monoisotopic (exact) mass is 263 g/mol. The molecular formula is C15H21NO3. The highest BCUT2D eigenvalue weighted by Crippen LogP contribution is 2.25. The van der Waals surface area contributed by atoms with Crippen molar-refractivity contribution in [1.29, 1.82) is 0 Å². The number of hydrogen-bond acceptors (Lipinski definition) is 3. The lowest BCUT2D eigenvalue weighted by molar-refractivity contribution is -0.123. The molecule has 1 amide bonds. The second-order valence-electron chi connectivity index (χ2n) is 4.77. The van der Waals surface area contributed by atoms with Gasteiger partial charge < -0.3 is 14.8 Å². The zero-order chi connectivity index (χ0) is 13.5. The maximum atomic E-state index is 11.5. The van der Waals surface area contributed by atoms with Crippen LogP contribution in [0.5, 0.6) is 5.75 Å². The zero-order valence-corrected chi connectivity index (χ0v) is 11.4. The van der Waals surface area contributed by atoms with Crippen LogP contribution in [0.4, 0.5) is 0 Å². The maximum Gasteiger partial charge on any atom is 0.258 e. The summed E-state index contributed by atoms with van der Waals surface area (Å²) in [6, 6.07) is 6.14. The fourth-order valence-electron chi connectivity index (χ4n) is 2.29. The van der Waals surface area contributed by atoms with Crippen LogP contribution in [-0.4, -0.2) is 32.8 Å². The minimum absolute atomic E-state index is 0.0580. The van der Waals surface area contributed by atoms with Crippen LogP contribution in [0.1, 0.15) is 24.0 Å². The number of aryl methyl sites for hydroxylation is 2. The van der Waals surface area contributed by atoms with E-state index in [9.17, 15) is 4.79 Å². The fraction of sp³-hybridized carbons (Fsp3) is 0.533. The Kier molecular flexibility index (Phi) is 5.21. The SMILES string of the molecule is COCCNC(=O)COc1ccc2c(c1)CCCC2. The molecular weight excluding hydrogens is 242 g/mol. The van der Waals surface area contributed by atoms with Crippen molar-refractivity contribution in [3.63, 3.8) is 0 Å². The molecule has 0 aromatic heterocycles. The lowest BCUT2D eigenvalue weighted by Gasteiger charge is -2.16. The van der Waals surface area contributed by atoms with E-state index in [1.807, 2.05) is 6.07 Å². The molecule has 1 aromatic rings. The Morgan fingerprint density at radius 3 is 2.84 bits per heavy atom. The molecule has 4 nitrogen and oxygen atoms in total. The summed E-state index contributed by atoms with van der Waals surface area (Å²) in [6.45, 7) is 1.09. The fourth-order valence-corrected chi connectivity index (χ4v) is 2.29. The average Bonchev–Trinajstić information content (AvgIpc) is 2.45. The van der Waals surface area contributed by atoms with E-state index in [0.29, 0.717) is 13.2 Å². The van der Waals surface area contributed by atoms with E-state index in [1.54, 1.807) is 7.11 Å². The van der Waals surface area contributed by atoms with Gasteiger partial charge in [-0.1, -0.05) is 6.07 Å². The van der Waals surface area contributed by atoms with Gasteiger partial charge in [-0.3, -0.25) is 4.79 Å². The number of nitrogens with one attached hydrogen (secondary N) is 1. The number of rotatable bonds is 6. The summed E-state index contributed by atoms with van der Waals surface area (Å²) in [6.07, 6.45) is 4.79. The van der Waals surface area contributed by atoms with Crippen molar-refractivity contribution in [2.75, 3.05) is 26.9 Å². The molecule has 104 valence electrons. The van der Waals surface area contributed by atoms with Crippen LogP contribution in [0.3, 0.4) is 0 Å². The molecule has 0 aliphatic heterocycles. The quantitative estimate of drug-likeness (QED) is 0.795. The summed E-state index contributed by atoms with van der Waals surface area (Å²) < 4.78 is 10.4. The van der Waals surface area contributed by atoms with Gasteiger partial charge in [-0.2, -0.15) is 0 Å². The van der Waals surface area contributed by atoms with Gasteiger partial charge in [0.05, 0.1) is 6.61 Å². The predicted octanol–water partition coefficient (Wildman–Crippen LogP) is 1.71. The van der Waals surface area contributed by atoms with E-state index in [4.69, 9.17) is 9.47 Å². The Hall–Kier alpha value is -1.55. The smallest absolute Gasteiger partial charge is 0.258 e. The van der Waals surface area contributed by atoms with Gasteiger partial charge in [0.15, 0.2) is 6.61 Å². The second kappa shape index (κ2) is 7.14. The highest BCUT2D eigenvalue weighted by atomic mass is 16.5. The third-order valence-corrected chi connectivity index (χ3v) is 3.32. The molecule has 0 heterocycles. The third-order valence-electron chi connectivity index (χ3n) is 3.32. The molecule has 0 radical (unpaired) electrons. The minimum atomic E-state index is -0.116. The average molecular weight is 263 g/mol. The summed E-state index contributed by atoms with van der Waals surface area (Å²) >= 11 is 0. The van der Waals surface area contributed by atoms with Crippen molar-refractivity contribution in [2.45, 2.75) is 25.7 Å². The Morgan fingerprint density at radius 1 is 1.26 bits per heavy atom. The van der Waals surface area contributed by atoms with Crippen molar-refractivity contribution in [3.8, 4) is 5.75 Å². The molecule has 0 spiro atoms. The van der Waals surface area contributed by atoms with E-state index in [1.165, 1.54) is 24.0 Å². The zero-order valence-electron chi connectivity index (χ0n) is 11.4. The van der Waals surface area contributed by atoms with E-state index < -0.39 is 0 Å². The molecule has 0 bridgehead atoms. The molecule has 2 rings (SSSR count). The molecule has 1 aromatic carbocycles. The molecule has 1 aliphatic rings. The number of amides is 1. The normalized spacial score (nSPS) is 13.7. The Bertz CT molecular complexity index is 431. The first-order chi connectivity index (χ1) is 9.29. The largest absolute Gasteiger partial charge is 0.484 e. The molecule has 19 heavy (non-hydrogen) atoms. The van der Waals surface area contributed by atoms with Gasteiger partial charge in [0.2, 0.25) is 0 Å². The van der Waals surface area contributed by atoms with E-state index in [2.05, 4.69) is 17.4 Å². The number of benzene rings is 1. The van der Waals surface area contributed by atoms with Crippen molar-refractivity contribution >= 4 is 5.91 Å². The minimum Gasteiger partial charge on any atom is -0.484 e. The lowest BCUT2D eigenvalue weighted by Crippen LogP contribution is -2.31. The Morgan fingerprint density at radius 2 is 2.05 bits per heavy atom. The van der Waals surface area contributed by atoms with Crippen LogP contribution in [0.25, 0.3) is 0 Å². The van der Waals surface area contributed by atoms with Crippen LogP contribution in [-0.2, 0) is 22.4 Å². The summed E-state index contributed by atoms with van der Waals surface area (Å²) in [5.41, 5.74) is 2.78. The molecule has 0 saturated carbocycles. The first kappa shape index (κ1) is 13.9. The molecule has 0 saturated heterocycles. The van der Waals surface area contributed by atoms with E-state index >= 15 is 0 Å². The van der Waals surface area contributed by atoms with Crippen LogP contribution in [0, 0.1) is 0 Å². The van der Waals surface area contributed by atoms with Crippen LogP contribution in [0.15, 0.2) is 18.2 Å². The highest BCUT2D eigenvalue weighted by molar-refractivity contribution is 5.77. The van der Waals surface area contributed by atoms with Crippen molar-refractivity contribution in [2.24, 2.45) is 0 Å². The van der Waals surface area contributed by atoms with Crippen LogP contribution >= 0.6 is 0 Å². The number of methoxy groups -OCH3 is 1. The Balaban J connectivity index is 1.81. The topological polar surface area (TPSA) is 47.6 Å². The van der Waals surface area contributed by atoms with Gasteiger partial charge in [-0.25, -0.2) is 0 Å². The Labute approximate surface area is 114 Å². The van der Waals surface area contributed by atoms with Crippen LogP contribution in [0.2, 0.25) is 0 Å². The first-order valence-corrected chi connectivity index (χ1v) is 6.80. The van der Waals surface area contributed by atoms with Crippen molar-refractivity contribution < 1.29 is 14.3 Å². The number of carbonyl (C=O) groups is 1. The van der Waals surface area contributed by atoms with Gasteiger partial charge in [0, 0.05) is 13.7 Å². The molecule has 0 fully saturated rings. The number of hydrogen-bond donors (Lipinski definition) is 1. The molecule has 4 heteroatoms. The van der Waals surface area contributed by atoms with Gasteiger partial charge in [0.1, 0.15) is 5.75 Å². The second-order valence-corrected chi connectivity index (χ2v) is 4.77. The number of ether oxygens (including phenoxy) is 2. The summed E-state index contributed by atoms with van der Waals surface area (Å²) in [5.74, 6) is 0.664. The van der Waals surface area contributed by atoms with Crippen molar-refractivity contribution in [1.82, 2.24) is 5.32 Å².